The Bertz CT molecular complexity index is 181. The predicted molar refractivity (Wildman–Crippen MR) is 61.4 cm³/mol. The monoisotopic (exact) mass is 216 g/mol. The van der Waals surface area contributed by atoms with Gasteiger partial charge in [-0.3, -0.25) is 4.79 Å². The number of carbonyl (C=O) groups is 1. The zero-order valence-corrected chi connectivity index (χ0v) is 9.61. The minimum Gasteiger partial charge on any atom is -0.351 e. The van der Waals surface area contributed by atoms with E-state index in [1.807, 2.05) is 18.7 Å². The highest BCUT2D eigenvalue weighted by molar-refractivity contribution is 7.99. The molecule has 0 radical (unpaired) electrons. The van der Waals surface area contributed by atoms with Crippen LogP contribution in [0.3, 0.4) is 0 Å². The molecule has 0 aromatic rings. The quantitative estimate of drug-likeness (QED) is 0.740. The van der Waals surface area contributed by atoms with Gasteiger partial charge >= 0.3 is 0 Å². The average molecular weight is 216 g/mol. The standard InChI is InChI=1S/C10H20N2OS/c1-2-4-9(11)10(13)12-8-5-3-6-14-7-8/h8-9H,2-7,11H2,1H3,(H,12,13)/t8?,9-/m1/s1. The van der Waals surface area contributed by atoms with Crippen LogP contribution >= 0.6 is 11.8 Å². The molecule has 1 rings (SSSR count). The fraction of sp³-hybridized carbons (Fsp3) is 0.900. The molecule has 1 amide bonds. The van der Waals surface area contributed by atoms with Crippen molar-refractivity contribution >= 4 is 17.7 Å². The van der Waals surface area contributed by atoms with Crippen molar-refractivity contribution in [1.29, 1.82) is 0 Å². The molecule has 14 heavy (non-hydrogen) atoms. The summed E-state index contributed by atoms with van der Waals surface area (Å²) in [4.78, 5) is 11.6. The van der Waals surface area contributed by atoms with Gasteiger partial charge in [0.1, 0.15) is 0 Å². The molecule has 1 unspecified atom stereocenters. The Balaban J connectivity index is 2.24. The summed E-state index contributed by atoms with van der Waals surface area (Å²) in [5, 5.41) is 3.02. The molecule has 0 aromatic heterocycles. The van der Waals surface area contributed by atoms with E-state index in [1.165, 1.54) is 12.2 Å². The topological polar surface area (TPSA) is 55.1 Å². The minimum atomic E-state index is -0.313. The third-order valence-electron chi connectivity index (χ3n) is 2.44. The third kappa shape index (κ3) is 3.88. The molecule has 4 heteroatoms. The van der Waals surface area contributed by atoms with Crippen LogP contribution < -0.4 is 11.1 Å². The summed E-state index contributed by atoms with van der Waals surface area (Å²) < 4.78 is 0. The lowest BCUT2D eigenvalue weighted by Gasteiger charge is -2.23. The average Bonchev–Trinajstić information content (AvgIpc) is 2.19. The smallest absolute Gasteiger partial charge is 0.237 e. The summed E-state index contributed by atoms with van der Waals surface area (Å²) in [5.41, 5.74) is 5.73. The first kappa shape index (κ1) is 11.9. The summed E-state index contributed by atoms with van der Waals surface area (Å²) in [6, 6.07) is 0.0380. The van der Waals surface area contributed by atoms with E-state index in [-0.39, 0.29) is 11.9 Å². The molecule has 1 aliphatic rings. The normalized spacial score (nSPS) is 24.3. The largest absolute Gasteiger partial charge is 0.351 e. The molecular formula is C10H20N2OS. The molecule has 1 saturated heterocycles. The van der Waals surface area contributed by atoms with Gasteiger partial charge in [0.2, 0.25) is 5.91 Å². The van der Waals surface area contributed by atoms with Crippen LogP contribution in [0.2, 0.25) is 0 Å². The van der Waals surface area contributed by atoms with Gasteiger partial charge in [-0.05, 0) is 25.0 Å². The van der Waals surface area contributed by atoms with E-state index in [0.29, 0.717) is 6.04 Å². The van der Waals surface area contributed by atoms with Crippen molar-refractivity contribution in [2.24, 2.45) is 5.73 Å². The lowest BCUT2D eigenvalue weighted by Crippen LogP contribution is -2.47. The van der Waals surface area contributed by atoms with E-state index in [0.717, 1.165) is 25.0 Å². The molecule has 1 heterocycles. The van der Waals surface area contributed by atoms with Crippen LogP contribution in [0.5, 0.6) is 0 Å². The molecule has 0 aliphatic carbocycles. The minimum absolute atomic E-state index is 0.0272. The number of thioether (sulfide) groups is 1. The summed E-state index contributed by atoms with van der Waals surface area (Å²) in [6.45, 7) is 2.05. The first-order chi connectivity index (χ1) is 6.74. The van der Waals surface area contributed by atoms with Crippen molar-refractivity contribution in [2.75, 3.05) is 11.5 Å². The molecule has 0 bridgehead atoms. The number of nitrogens with two attached hydrogens (primary N) is 1. The van der Waals surface area contributed by atoms with Gasteiger partial charge in [0.05, 0.1) is 6.04 Å². The Morgan fingerprint density at radius 1 is 1.71 bits per heavy atom. The molecule has 1 fully saturated rings. The SMILES string of the molecule is CCC[C@@H](N)C(=O)NC1CCCSC1. The van der Waals surface area contributed by atoms with Gasteiger partial charge in [-0.15, -0.1) is 0 Å². The Morgan fingerprint density at radius 3 is 3.07 bits per heavy atom. The first-order valence-corrected chi connectivity index (χ1v) is 6.53. The summed E-state index contributed by atoms with van der Waals surface area (Å²) in [5.74, 6) is 2.30. The molecular weight excluding hydrogens is 196 g/mol. The fourth-order valence-electron chi connectivity index (χ4n) is 1.60. The van der Waals surface area contributed by atoms with Crippen molar-refractivity contribution in [3.05, 3.63) is 0 Å². The Hall–Kier alpha value is -0.220. The summed E-state index contributed by atoms with van der Waals surface area (Å²) >= 11 is 1.91. The molecule has 82 valence electrons. The maximum absolute atomic E-state index is 11.6. The van der Waals surface area contributed by atoms with Crippen LogP contribution in [-0.4, -0.2) is 29.5 Å². The zero-order chi connectivity index (χ0) is 10.4. The van der Waals surface area contributed by atoms with Gasteiger partial charge in [0.25, 0.3) is 0 Å². The second-order valence-electron chi connectivity index (χ2n) is 3.82. The molecule has 3 nitrogen and oxygen atoms in total. The van der Waals surface area contributed by atoms with E-state index in [4.69, 9.17) is 5.73 Å². The molecule has 2 atom stereocenters. The molecule has 3 N–H and O–H groups in total. The van der Waals surface area contributed by atoms with Gasteiger partial charge in [-0.25, -0.2) is 0 Å². The number of nitrogens with one attached hydrogen (secondary N) is 1. The Kier molecular flexibility index (Phi) is 5.33. The fourth-order valence-corrected chi connectivity index (χ4v) is 2.68. The highest BCUT2D eigenvalue weighted by Gasteiger charge is 2.19. The zero-order valence-electron chi connectivity index (χ0n) is 8.79. The van der Waals surface area contributed by atoms with Crippen LogP contribution in [0.15, 0.2) is 0 Å². The second kappa shape index (κ2) is 6.30. The van der Waals surface area contributed by atoms with Crippen molar-refractivity contribution < 1.29 is 4.79 Å². The first-order valence-electron chi connectivity index (χ1n) is 5.37. The van der Waals surface area contributed by atoms with Gasteiger partial charge in [0, 0.05) is 11.8 Å². The maximum Gasteiger partial charge on any atom is 0.237 e. The lowest BCUT2D eigenvalue weighted by molar-refractivity contribution is -0.123. The van der Waals surface area contributed by atoms with E-state index < -0.39 is 0 Å². The second-order valence-corrected chi connectivity index (χ2v) is 4.97. The van der Waals surface area contributed by atoms with Crippen molar-refractivity contribution in [3.8, 4) is 0 Å². The van der Waals surface area contributed by atoms with Crippen LogP contribution in [0.4, 0.5) is 0 Å². The molecule has 0 aromatic carbocycles. The summed E-state index contributed by atoms with van der Waals surface area (Å²) in [6.07, 6.45) is 4.07. The molecule has 1 aliphatic heterocycles. The Morgan fingerprint density at radius 2 is 2.50 bits per heavy atom. The van der Waals surface area contributed by atoms with E-state index in [9.17, 15) is 4.79 Å². The van der Waals surface area contributed by atoms with Gasteiger partial charge in [0.15, 0.2) is 0 Å². The number of rotatable bonds is 4. The van der Waals surface area contributed by atoms with Crippen LogP contribution in [-0.2, 0) is 4.79 Å². The van der Waals surface area contributed by atoms with Crippen LogP contribution in [0.25, 0.3) is 0 Å². The van der Waals surface area contributed by atoms with Crippen molar-refractivity contribution in [3.63, 3.8) is 0 Å². The molecule has 0 saturated carbocycles. The lowest BCUT2D eigenvalue weighted by atomic mass is 10.1. The van der Waals surface area contributed by atoms with Gasteiger partial charge in [-0.2, -0.15) is 11.8 Å². The van der Waals surface area contributed by atoms with Gasteiger partial charge in [-0.1, -0.05) is 13.3 Å². The highest BCUT2D eigenvalue weighted by Crippen LogP contribution is 2.16. The van der Waals surface area contributed by atoms with Crippen molar-refractivity contribution in [2.45, 2.75) is 44.7 Å². The number of hydrogen-bond donors (Lipinski definition) is 2. The van der Waals surface area contributed by atoms with Gasteiger partial charge < -0.3 is 11.1 Å². The van der Waals surface area contributed by atoms with Crippen LogP contribution in [0.1, 0.15) is 32.6 Å². The molecule has 0 spiro atoms. The van der Waals surface area contributed by atoms with E-state index in [1.54, 1.807) is 0 Å². The van der Waals surface area contributed by atoms with Crippen LogP contribution in [0, 0.1) is 0 Å². The highest BCUT2D eigenvalue weighted by atomic mass is 32.2. The van der Waals surface area contributed by atoms with E-state index >= 15 is 0 Å². The number of carbonyl (C=O) groups excluding carboxylic acids is 1. The summed E-state index contributed by atoms with van der Waals surface area (Å²) in [7, 11) is 0. The van der Waals surface area contributed by atoms with E-state index in [2.05, 4.69) is 5.32 Å². The number of amides is 1. The maximum atomic E-state index is 11.6. The van der Waals surface area contributed by atoms with Crippen molar-refractivity contribution in [1.82, 2.24) is 5.32 Å². The number of hydrogen-bond acceptors (Lipinski definition) is 3. The predicted octanol–water partition coefficient (Wildman–Crippen LogP) is 1.13. The Labute approximate surface area is 90.2 Å². The third-order valence-corrected chi connectivity index (χ3v) is 3.66.